The van der Waals surface area contributed by atoms with E-state index in [1.807, 2.05) is 0 Å². The monoisotopic (exact) mass is 386 g/mol. The average molecular weight is 386 g/mol. The van der Waals surface area contributed by atoms with E-state index in [1.165, 1.54) is 18.2 Å². The first-order valence-corrected chi connectivity index (χ1v) is 9.49. The number of hydrogen-bond donors (Lipinski definition) is 1. The number of halogens is 3. The van der Waals surface area contributed by atoms with Crippen LogP contribution in [0.1, 0.15) is 13.3 Å². The summed E-state index contributed by atoms with van der Waals surface area (Å²) in [6.45, 7) is 1.55. The SMILES string of the molecule is CC[C@H](C(=O)Nc1ccc(F)c(F)c1)N(c1ccccc1F)S(C)(=O)=O. The molecule has 2 aromatic rings. The van der Waals surface area contributed by atoms with Gasteiger partial charge in [-0.15, -0.1) is 0 Å². The number of carbonyl (C=O) groups excluding carboxylic acids is 1. The van der Waals surface area contributed by atoms with Crippen LogP contribution < -0.4 is 9.62 Å². The van der Waals surface area contributed by atoms with Gasteiger partial charge in [0, 0.05) is 11.8 Å². The molecule has 0 heterocycles. The zero-order valence-corrected chi connectivity index (χ0v) is 14.9. The zero-order chi connectivity index (χ0) is 19.5. The van der Waals surface area contributed by atoms with Gasteiger partial charge in [0.1, 0.15) is 11.9 Å². The summed E-state index contributed by atoms with van der Waals surface area (Å²) in [5.74, 6) is -3.85. The number of nitrogens with one attached hydrogen (secondary N) is 1. The fourth-order valence-electron chi connectivity index (χ4n) is 2.47. The standard InChI is InChI=1S/C17H17F3N2O3S/c1-3-15(17(23)21-11-8-9-12(18)14(20)10-11)22(26(2,24)25)16-7-5-4-6-13(16)19/h4-10,15H,3H2,1-2H3,(H,21,23)/t15-/m1/s1. The third-order valence-corrected chi connectivity index (χ3v) is 4.77. The van der Waals surface area contributed by atoms with Gasteiger partial charge in [0.2, 0.25) is 15.9 Å². The van der Waals surface area contributed by atoms with Gasteiger partial charge in [0.05, 0.1) is 11.9 Å². The first kappa shape index (κ1) is 19.8. The lowest BCUT2D eigenvalue weighted by Crippen LogP contribution is -2.47. The Morgan fingerprint density at radius 1 is 1.08 bits per heavy atom. The molecule has 0 aliphatic carbocycles. The van der Waals surface area contributed by atoms with Crippen molar-refractivity contribution < 1.29 is 26.4 Å². The predicted octanol–water partition coefficient (Wildman–Crippen LogP) is 3.29. The Bertz CT molecular complexity index is 919. The molecule has 0 saturated heterocycles. The molecule has 0 aromatic heterocycles. The molecule has 1 amide bonds. The van der Waals surface area contributed by atoms with Crippen molar-refractivity contribution >= 4 is 27.3 Å². The van der Waals surface area contributed by atoms with Crippen molar-refractivity contribution in [1.29, 1.82) is 0 Å². The maximum Gasteiger partial charge on any atom is 0.248 e. The number of para-hydroxylation sites is 1. The van der Waals surface area contributed by atoms with Crippen LogP contribution in [0, 0.1) is 17.5 Å². The Kier molecular flexibility index (Phi) is 5.91. The molecular formula is C17H17F3N2O3S. The third-order valence-electron chi connectivity index (χ3n) is 3.61. The molecule has 140 valence electrons. The van der Waals surface area contributed by atoms with Crippen LogP contribution in [0.3, 0.4) is 0 Å². The molecule has 1 N–H and O–H groups in total. The quantitative estimate of drug-likeness (QED) is 0.829. The second kappa shape index (κ2) is 7.77. The summed E-state index contributed by atoms with van der Waals surface area (Å²) in [6.07, 6.45) is 0.879. The predicted molar refractivity (Wildman–Crippen MR) is 92.8 cm³/mol. The normalized spacial score (nSPS) is 12.5. The van der Waals surface area contributed by atoms with Gasteiger partial charge in [0.15, 0.2) is 11.6 Å². The van der Waals surface area contributed by atoms with Crippen LogP contribution in [0.2, 0.25) is 0 Å². The van der Waals surface area contributed by atoms with Crippen molar-refractivity contribution in [2.75, 3.05) is 15.9 Å². The number of benzene rings is 2. The van der Waals surface area contributed by atoms with Crippen LogP contribution in [0.25, 0.3) is 0 Å². The van der Waals surface area contributed by atoms with Crippen molar-refractivity contribution in [2.24, 2.45) is 0 Å². The summed E-state index contributed by atoms with van der Waals surface area (Å²) in [5, 5.41) is 2.33. The van der Waals surface area contributed by atoms with Crippen molar-refractivity contribution in [2.45, 2.75) is 19.4 Å². The maximum absolute atomic E-state index is 14.1. The van der Waals surface area contributed by atoms with Gasteiger partial charge < -0.3 is 5.32 Å². The van der Waals surface area contributed by atoms with Crippen LogP contribution in [-0.4, -0.2) is 26.6 Å². The second-order valence-electron chi connectivity index (χ2n) is 5.55. The number of rotatable bonds is 6. The lowest BCUT2D eigenvalue weighted by Gasteiger charge is -2.30. The fourth-order valence-corrected chi connectivity index (χ4v) is 3.68. The first-order chi connectivity index (χ1) is 12.1. The van der Waals surface area contributed by atoms with Crippen LogP contribution >= 0.6 is 0 Å². The molecule has 0 aliphatic rings. The van der Waals surface area contributed by atoms with E-state index in [4.69, 9.17) is 0 Å². The van der Waals surface area contributed by atoms with E-state index in [1.54, 1.807) is 6.92 Å². The number of nitrogens with zero attached hydrogens (tertiary/aromatic N) is 1. The van der Waals surface area contributed by atoms with E-state index in [0.29, 0.717) is 4.31 Å². The lowest BCUT2D eigenvalue weighted by atomic mass is 10.1. The molecule has 0 spiro atoms. The minimum absolute atomic E-state index is 0.0247. The number of anilines is 2. The molecule has 0 aliphatic heterocycles. The van der Waals surface area contributed by atoms with E-state index >= 15 is 0 Å². The van der Waals surface area contributed by atoms with Crippen molar-refractivity contribution in [1.82, 2.24) is 0 Å². The molecule has 1 atom stereocenters. The number of sulfonamides is 1. The van der Waals surface area contributed by atoms with Gasteiger partial charge in [-0.1, -0.05) is 19.1 Å². The number of amides is 1. The molecule has 5 nitrogen and oxygen atoms in total. The van der Waals surface area contributed by atoms with Crippen molar-refractivity contribution in [3.8, 4) is 0 Å². The molecule has 26 heavy (non-hydrogen) atoms. The molecule has 0 radical (unpaired) electrons. The number of carbonyl (C=O) groups is 1. The minimum atomic E-state index is -4.01. The Morgan fingerprint density at radius 3 is 2.27 bits per heavy atom. The first-order valence-electron chi connectivity index (χ1n) is 7.65. The van der Waals surface area contributed by atoms with E-state index in [0.717, 1.165) is 30.5 Å². The highest BCUT2D eigenvalue weighted by atomic mass is 32.2. The minimum Gasteiger partial charge on any atom is -0.324 e. The zero-order valence-electron chi connectivity index (χ0n) is 14.0. The van der Waals surface area contributed by atoms with Crippen LogP contribution in [0.5, 0.6) is 0 Å². The van der Waals surface area contributed by atoms with Gasteiger partial charge in [-0.3, -0.25) is 9.10 Å². The maximum atomic E-state index is 14.1. The molecule has 2 rings (SSSR count). The lowest BCUT2D eigenvalue weighted by molar-refractivity contribution is -0.117. The molecule has 0 saturated carbocycles. The summed E-state index contributed by atoms with van der Waals surface area (Å²) >= 11 is 0. The van der Waals surface area contributed by atoms with Gasteiger partial charge >= 0.3 is 0 Å². The summed E-state index contributed by atoms with van der Waals surface area (Å²) in [6, 6.07) is 6.60. The molecule has 9 heteroatoms. The smallest absolute Gasteiger partial charge is 0.248 e. The van der Waals surface area contributed by atoms with E-state index in [2.05, 4.69) is 5.32 Å². The van der Waals surface area contributed by atoms with E-state index in [-0.39, 0.29) is 17.8 Å². The van der Waals surface area contributed by atoms with Crippen LogP contribution in [0.15, 0.2) is 42.5 Å². The molecule has 0 fully saturated rings. The highest BCUT2D eigenvalue weighted by Gasteiger charge is 2.33. The highest BCUT2D eigenvalue weighted by molar-refractivity contribution is 7.92. The van der Waals surface area contributed by atoms with Crippen LogP contribution in [0.4, 0.5) is 24.5 Å². The van der Waals surface area contributed by atoms with Gasteiger partial charge in [0.25, 0.3) is 0 Å². The van der Waals surface area contributed by atoms with Crippen molar-refractivity contribution in [3.05, 3.63) is 59.9 Å². The highest BCUT2D eigenvalue weighted by Crippen LogP contribution is 2.26. The molecular weight excluding hydrogens is 369 g/mol. The van der Waals surface area contributed by atoms with Gasteiger partial charge in [-0.2, -0.15) is 0 Å². The van der Waals surface area contributed by atoms with Crippen LogP contribution in [-0.2, 0) is 14.8 Å². The summed E-state index contributed by atoms with van der Waals surface area (Å²) in [5.41, 5.74) is -0.323. The third kappa shape index (κ3) is 4.34. The van der Waals surface area contributed by atoms with E-state index in [9.17, 15) is 26.4 Å². The second-order valence-corrected chi connectivity index (χ2v) is 7.41. The fraction of sp³-hybridized carbons (Fsp3) is 0.235. The molecule has 0 unspecified atom stereocenters. The van der Waals surface area contributed by atoms with Crippen molar-refractivity contribution in [3.63, 3.8) is 0 Å². The Hall–Kier alpha value is -2.55. The van der Waals surface area contributed by atoms with E-state index < -0.39 is 39.4 Å². The number of hydrogen-bond acceptors (Lipinski definition) is 3. The Labute approximate surface area is 149 Å². The van der Waals surface area contributed by atoms with Gasteiger partial charge in [-0.25, -0.2) is 21.6 Å². The van der Waals surface area contributed by atoms with Gasteiger partial charge in [-0.05, 0) is 30.7 Å². The topological polar surface area (TPSA) is 66.5 Å². The largest absolute Gasteiger partial charge is 0.324 e. The average Bonchev–Trinajstić information content (AvgIpc) is 2.55. The summed E-state index contributed by atoms with van der Waals surface area (Å²) in [4.78, 5) is 12.6. The summed E-state index contributed by atoms with van der Waals surface area (Å²) in [7, 11) is -4.01. The molecule has 2 aromatic carbocycles. The molecule has 0 bridgehead atoms. The Morgan fingerprint density at radius 2 is 1.73 bits per heavy atom. The summed E-state index contributed by atoms with van der Waals surface area (Å²) < 4.78 is 65.5. The Balaban J connectivity index is 2.40.